The number of ketones is 3. The average Bonchev–Trinajstić information content (AvgIpc) is 3.00. The Hall–Kier alpha value is -5.31. The number of rotatable bonds is 16. The largest absolute Gasteiger partial charge is 0.390 e. The summed E-state index contributed by atoms with van der Waals surface area (Å²) in [5, 5.41) is 15.2. The van der Waals surface area contributed by atoms with E-state index in [-0.39, 0.29) is 86.1 Å². The highest BCUT2D eigenvalue weighted by Crippen LogP contribution is 2.30. The Labute approximate surface area is 535 Å². The van der Waals surface area contributed by atoms with Gasteiger partial charge in [0.05, 0.1) is 18.2 Å². The molecule has 510 valence electrons. The molecule has 2 saturated heterocycles. The van der Waals surface area contributed by atoms with E-state index in [2.05, 4.69) is 10.2 Å². The van der Waals surface area contributed by atoms with Gasteiger partial charge in [0.1, 0.15) is 36.3 Å². The minimum absolute atomic E-state index is 0.0665. The van der Waals surface area contributed by atoms with E-state index in [1.54, 1.807) is 34.6 Å². The van der Waals surface area contributed by atoms with E-state index in [0.29, 0.717) is 13.0 Å². The van der Waals surface area contributed by atoms with Gasteiger partial charge in [-0.2, -0.15) is 0 Å². The van der Waals surface area contributed by atoms with Crippen LogP contribution < -0.4 is 5.32 Å². The molecule has 2 N–H and O–H groups in total. The van der Waals surface area contributed by atoms with Gasteiger partial charge in [0, 0.05) is 86.3 Å². The summed E-state index contributed by atoms with van der Waals surface area (Å²) in [5.74, 6) is -10.6. The van der Waals surface area contributed by atoms with Crippen molar-refractivity contribution in [1.29, 1.82) is 0 Å². The maximum absolute atomic E-state index is 15.4. The van der Waals surface area contributed by atoms with Crippen LogP contribution in [0.4, 0.5) is 0 Å². The van der Waals surface area contributed by atoms with Crippen LogP contribution in [0.5, 0.6) is 0 Å². The number of carbonyl (C=O) groups excluding carboxylic acids is 11. The molecule has 13 atom stereocenters. The summed E-state index contributed by atoms with van der Waals surface area (Å²) >= 11 is 0. The fourth-order valence-electron chi connectivity index (χ4n) is 12.8. The number of nitrogens with zero attached hydrogens (tertiary/aromatic N) is 8. The molecule has 2 rings (SSSR count). The van der Waals surface area contributed by atoms with Gasteiger partial charge in [-0.25, -0.2) is 0 Å². The molecule has 2 heterocycles. The highest BCUT2D eigenvalue weighted by molar-refractivity contribution is 6.00. The number of likely N-dealkylation sites (tertiary alicyclic amines) is 1. The molecule has 8 amide bonds. The van der Waals surface area contributed by atoms with Crippen molar-refractivity contribution in [2.24, 2.45) is 59.2 Å². The van der Waals surface area contributed by atoms with Crippen molar-refractivity contribution in [1.82, 2.24) is 44.5 Å². The number of aliphatic hydroxyl groups excluding tert-OH is 1. The van der Waals surface area contributed by atoms with Gasteiger partial charge < -0.3 is 49.6 Å². The smallest absolute Gasteiger partial charge is 0.246 e. The molecule has 21 heteroatoms. The molecule has 0 spiro atoms. The predicted molar refractivity (Wildman–Crippen MR) is 347 cm³/mol. The van der Waals surface area contributed by atoms with E-state index in [0.717, 1.165) is 25.9 Å². The van der Waals surface area contributed by atoms with Crippen molar-refractivity contribution in [3.05, 3.63) is 0 Å². The third-order valence-electron chi connectivity index (χ3n) is 18.9. The van der Waals surface area contributed by atoms with E-state index in [4.69, 9.17) is 0 Å². The molecule has 0 saturated carbocycles. The van der Waals surface area contributed by atoms with Crippen molar-refractivity contribution in [3.8, 4) is 0 Å². The van der Waals surface area contributed by atoms with Crippen LogP contribution in [0.2, 0.25) is 0 Å². The molecule has 0 aromatic heterocycles. The van der Waals surface area contributed by atoms with E-state index in [1.807, 2.05) is 76.2 Å². The van der Waals surface area contributed by atoms with Gasteiger partial charge in [-0.05, 0) is 126 Å². The van der Waals surface area contributed by atoms with Crippen LogP contribution in [-0.2, 0) is 52.7 Å². The minimum Gasteiger partial charge on any atom is -0.390 e. The molecule has 1 unspecified atom stereocenters. The van der Waals surface area contributed by atoms with Crippen LogP contribution in [0.3, 0.4) is 0 Å². The molecule has 89 heavy (non-hydrogen) atoms. The minimum atomic E-state index is -1.47. The molecule has 2 fully saturated rings. The second-order valence-corrected chi connectivity index (χ2v) is 28.9. The molecule has 2 aliphatic rings. The normalized spacial score (nSPS) is 28.4. The summed E-state index contributed by atoms with van der Waals surface area (Å²) in [6.07, 6.45) is 1.25. The molecule has 2 aliphatic heterocycles. The molecule has 0 bridgehead atoms. The Bertz CT molecular complexity index is 2410. The van der Waals surface area contributed by atoms with Crippen LogP contribution in [0, 0.1) is 59.2 Å². The van der Waals surface area contributed by atoms with Gasteiger partial charge in [0.15, 0.2) is 17.3 Å². The second kappa shape index (κ2) is 36.1. The SMILES string of the molecule is CC[C@H]1CC(=O)[C@@H]([C@H](O)[C@H](C)CCN2CCCC2)N(C)C(=O)[C@@H](C(C)C)N(C)C(=O)[C@@H](CC(C)C)N(C)C(=O)[C@@H](CC(C)C)N(C)C(=O)[C@H](C)NC(=O)[C@@H](C)CC(=O)C(CC(C)C)N(C)C(=O)[C@@H](C(C)C)CC(=O)[C@H](CC(C)C)N(C)C(=O)[C@@H](C)N(C)C1=O. The fraction of sp³-hybridized carbons (Fsp3) is 0.838. The number of hydrogen-bond acceptors (Lipinski definition) is 13. The number of likely N-dealkylation sites (N-methyl/N-ethyl adjacent to an activating group) is 7. The number of Topliss-reactive ketones (excluding diaryl/α,β-unsaturated/α-hetero) is 3. The first-order valence-corrected chi connectivity index (χ1v) is 33.3. The summed E-state index contributed by atoms with van der Waals surface area (Å²) in [7, 11) is 10.4. The molecular formula is C68H121N9O12. The third kappa shape index (κ3) is 21.9. The van der Waals surface area contributed by atoms with Gasteiger partial charge in [-0.3, -0.25) is 52.7 Å². The molecule has 0 aromatic carbocycles. The Kier molecular flexibility index (Phi) is 32.3. The number of aliphatic hydroxyl groups is 1. The molecule has 0 aromatic rings. The highest BCUT2D eigenvalue weighted by Gasteiger charge is 2.46. The van der Waals surface area contributed by atoms with Gasteiger partial charge in [0.25, 0.3) is 0 Å². The topological polar surface area (TPSA) is 246 Å². The average molecular weight is 1260 g/mol. The predicted octanol–water partition coefficient (Wildman–Crippen LogP) is 6.45. The Morgan fingerprint density at radius 3 is 1.31 bits per heavy atom. The lowest BCUT2D eigenvalue weighted by Gasteiger charge is -2.42. The number of amides is 8. The maximum atomic E-state index is 15.4. The summed E-state index contributed by atoms with van der Waals surface area (Å²) in [6, 6.07) is -9.21. The summed E-state index contributed by atoms with van der Waals surface area (Å²) < 4.78 is 0. The monoisotopic (exact) mass is 1260 g/mol. The van der Waals surface area contributed by atoms with Crippen molar-refractivity contribution in [2.75, 3.05) is 69.0 Å². The summed E-state index contributed by atoms with van der Waals surface area (Å²) in [4.78, 5) is 174. The zero-order chi connectivity index (χ0) is 68.5. The van der Waals surface area contributed by atoms with Crippen LogP contribution in [0.1, 0.15) is 188 Å². The van der Waals surface area contributed by atoms with Crippen LogP contribution in [0.15, 0.2) is 0 Å². The van der Waals surface area contributed by atoms with E-state index in [1.165, 1.54) is 90.6 Å². The van der Waals surface area contributed by atoms with Crippen molar-refractivity contribution < 1.29 is 57.8 Å². The third-order valence-corrected chi connectivity index (χ3v) is 18.9. The van der Waals surface area contributed by atoms with E-state index >= 15 is 19.2 Å². The van der Waals surface area contributed by atoms with Gasteiger partial charge in [0.2, 0.25) is 47.3 Å². The first kappa shape index (κ1) is 79.8. The van der Waals surface area contributed by atoms with E-state index < -0.39 is 143 Å². The Morgan fingerprint density at radius 2 is 0.865 bits per heavy atom. The Morgan fingerprint density at radius 1 is 0.449 bits per heavy atom. The van der Waals surface area contributed by atoms with Crippen molar-refractivity contribution in [2.45, 2.75) is 243 Å². The quantitative estimate of drug-likeness (QED) is 0.169. The van der Waals surface area contributed by atoms with Crippen molar-refractivity contribution >= 4 is 64.6 Å². The molecule has 0 aliphatic carbocycles. The maximum Gasteiger partial charge on any atom is 0.246 e. The molecule has 0 radical (unpaired) electrons. The standard InChI is InChI=1S/C68H121N9O12/c1-25-49-37-57(80)59(60(81)45(14)28-31-77-29-26-27-30-77)76(24)68(89)58(44(12)13)75(23)67(88)54(35-42(8)9)74(22)66(87)53(34-41(6)7)73(21)62(83)47(16)69-61(82)46(15)36-55(78)51(32-39(2)3)72(20)65(86)50(43(10)11)38-56(79)52(33-40(4)5)71(19)63(84)48(17)70(18)64(49)85/h39-54,58-60,81H,25-38H2,1-24H3,(H,69,82)/t45-,46+,47+,48-,49+,50-,51?,52+,53-,54-,58-,59+,60-/m1/s1. The lowest BCUT2D eigenvalue weighted by atomic mass is 9.84. The lowest BCUT2D eigenvalue weighted by Crippen LogP contribution is -2.62. The van der Waals surface area contributed by atoms with Crippen molar-refractivity contribution in [3.63, 3.8) is 0 Å². The number of carbonyl (C=O) groups is 11. The zero-order valence-corrected chi connectivity index (χ0v) is 59.4. The second-order valence-electron chi connectivity index (χ2n) is 28.9. The van der Waals surface area contributed by atoms with Crippen LogP contribution in [-0.4, -0.2) is 232 Å². The number of nitrogens with one attached hydrogen (secondary N) is 1. The molecular weight excluding hydrogens is 1130 g/mol. The summed E-state index contributed by atoms with van der Waals surface area (Å²) in [6.45, 7) is 33.0. The van der Waals surface area contributed by atoms with Gasteiger partial charge in [-0.15, -0.1) is 0 Å². The first-order valence-electron chi connectivity index (χ1n) is 33.3. The first-order chi connectivity index (χ1) is 41.2. The van der Waals surface area contributed by atoms with Crippen LogP contribution >= 0.6 is 0 Å². The van der Waals surface area contributed by atoms with Gasteiger partial charge >= 0.3 is 0 Å². The van der Waals surface area contributed by atoms with E-state index in [9.17, 15) is 38.7 Å². The lowest BCUT2D eigenvalue weighted by molar-refractivity contribution is -0.157. The van der Waals surface area contributed by atoms with Gasteiger partial charge in [-0.1, -0.05) is 104 Å². The summed E-state index contributed by atoms with van der Waals surface area (Å²) in [5.41, 5.74) is 0. The molecule has 21 nitrogen and oxygen atoms in total. The zero-order valence-electron chi connectivity index (χ0n) is 59.4. The fourth-order valence-corrected chi connectivity index (χ4v) is 12.8. The highest BCUT2D eigenvalue weighted by atomic mass is 16.3. The Balaban J connectivity index is 2.99. The van der Waals surface area contributed by atoms with Crippen LogP contribution in [0.25, 0.3) is 0 Å². The number of hydrogen-bond donors (Lipinski definition) is 2.